The van der Waals surface area contributed by atoms with Gasteiger partial charge in [0, 0.05) is 4.88 Å². The molecule has 18 heavy (non-hydrogen) atoms. The van der Waals surface area contributed by atoms with Crippen molar-refractivity contribution < 1.29 is 14.7 Å². The molecule has 0 aromatic carbocycles. The quantitative estimate of drug-likeness (QED) is 0.900. The van der Waals surface area contributed by atoms with Crippen LogP contribution in [-0.4, -0.2) is 22.0 Å². The fourth-order valence-corrected chi connectivity index (χ4v) is 2.80. The zero-order valence-electron chi connectivity index (χ0n) is 9.47. The van der Waals surface area contributed by atoms with E-state index in [9.17, 15) is 9.59 Å². The van der Waals surface area contributed by atoms with Crippen LogP contribution in [0.3, 0.4) is 0 Å². The number of amides is 1. The summed E-state index contributed by atoms with van der Waals surface area (Å²) in [5.41, 5.74) is 2.63. The van der Waals surface area contributed by atoms with Gasteiger partial charge in [-0.3, -0.25) is 4.79 Å². The third-order valence-corrected chi connectivity index (χ3v) is 4.30. The van der Waals surface area contributed by atoms with E-state index in [2.05, 4.69) is 10.3 Å². The van der Waals surface area contributed by atoms with Crippen molar-refractivity contribution in [1.29, 1.82) is 0 Å². The van der Waals surface area contributed by atoms with Gasteiger partial charge in [-0.2, -0.15) is 0 Å². The Morgan fingerprint density at radius 1 is 1.39 bits per heavy atom. The van der Waals surface area contributed by atoms with Crippen molar-refractivity contribution in [3.05, 3.63) is 38.0 Å². The van der Waals surface area contributed by atoms with Crippen LogP contribution in [0.15, 0.2) is 17.6 Å². The van der Waals surface area contributed by atoms with Gasteiger partial charge >= 0.3 is 5.97 Å². The third-order valence-electron chi connectivity index (χ3n) is 2.29. The van der Waals surface area contributed by atoms with Crippen LogP contribution >= 0.6 is 22.7 Å². The number of rotatable bonds is 4. The average molecular weight is 282 g/mol. The van der Waals surface area contributed by atoms with Gasteiger partial charge in [-0.15, -0.1) is 22.7 Å². The van der Waals surface area contributed by atoms with Gasteiger partial charge in [-0.25, -0.2) is 9.78 Å². The Hall–Kier alpha value is -1.73. The molecule has 1 amide bonds. The molecule has 0 aliphatic rings. The van der Waals surface area contributed by atoms with E-state index in [0.29, 0.717) is 11.4 Å². The first kappa shape index (κ1) is 12.7. The number of thiazole rings is 1. The Labute approximate surface area is 111 Å². The molecule has 0 aliphatic carbocycles. The largest absolute Gasteiger partial charge is 0.477 e. The molecule has 5 nitrogen and oxygen atoms in total. The molecule has 2 heterocycles. The molecule has 2 aromatic rings. The average Bonchev–Trinajstić information content (AvgIpc) is 2.94. The second kappa shape index (κ2) is 5.28. The third kappa shape index (κ3) is 2.74. The van der Waals surface area contributed by atoms with Crippen LogP contribution < -0.4 is 5.32 Å². The molecule has 94 valence electrons. The fraction of sp³-hybridized carbons (Fsp3) is 0.182. The second-order valence-corrected chi connectivity index (χ2v) is 5.54. The minimum atomic E-state index is -1.02. The van der Waals surface area contributed by atoms with Gasteiger partial charge in [0.05, 0.1) is 22.6 Å². The smallest absolute Gasteiger partial charge is 0.345 e. The first-order valence-electron chi connectivity index (χ1n) is 5.08. The lowest BCUT2D eigenvalue weighted by Gasteiger charge is -2.01. The van der Waals surface area contributed by atoms with Gasteiger partial charge < -0.3 is 10.4 Å². The molecule has 2 N–H and O–H groups in total. The Balaban J connectivity index is 1.99. The van der Waals surface area contributed by atoms with Gasteiger partial charge in [0.1, 0.15) is 4.88 Å². The molecule has 2 rings (SSSR count). The lowest BCUT2D eigenvalue weighted by Crippen LogP contribution is -2.21. The first-order valence-corrected chi connectivity index (χ1v) is 6.78. The van der Waals surface area contributed by atoms with E-state index >= 15 is 0 Å². The van der Waals surface area contributed by atoms with Crippen molar-refractivity contribution in [1.82, 2.24) is 10.3 Å². The molecule has 0 fully saturated rings. The van der Waals surface area contributed by atoms with Crippen LogP contribution in [0.25, 0.3) is 0 Å². The van der Waals surface area contributed by atoms with E-state index in [1.54, 1.807) is 5.51 Å². The number of aryl methyl sites for hydroxylation is 1. The molecule has 0 saturated heterocycles. The topological polar surface area (TPSA) is 79.3 Å². The Bertz CT molecular complexity index is 589. The molecule has 7 heteroatoms. The highest BCUT2D eigenvalue weighted by Gasteiger charge is 2.13. The minimum Gasteiger partial charge on any atom is -0.477 e. The van der Waals surface area contributed by atoms with Crippen LogP contribution in [0.5, 0.6) is 0 Å². The van der Waals surface area contributed by atoms with Crippen molar-refractivity contribution in [2.45, 2.75) is 13.5 Å². The molecule has 0 atom stereocenters. The zero-order valence-corrected chi connectivity index (χ0v) is 11.1. The maximum absolute atomic E-state index is 11.8. The summed E-state index contributed by atoms with van der Waals surface area (Å²) >= 11 is 2.45. The maximum atomic E-state index is 11.8. The number of nitrogens with one attached hydrogen (secondary N) is 1. The van der Waals surface area contributed by atoms with Crippen LogP contribution in [0.4, 0.5) is 0 Å². The van der Waals surface area contributed by atoms with E-state index in [1.807, 2.05) is 6.92 Å². The molecule has 0 aliphatic heterocycles. The number of hydrogen-bond donors (Lipinski definition) is 2. The number of aromatic carboxylic acids is 1. The number of carbonyl (C=O) groups is 2. The Kier molecular flexibility index (Phi) is 3.73. The Morgan fingerprint density at radius 2 is 2.11 bits per heavy atom. The molecule has 0 saturated carbocycles. The van der Waals surface area contributed by atoms with Gasteiger partial charge in [0.2, 0.25) is 0 Å². The van der Waals surface area contributed by atoms with E-state index < -0.39 is 5.97 Å². The second-order valence-electron chi connectivity index (χ2n) is 3.51. The van der Waals surface area contributed by atoms with Gasteiger partial charge in [-0.05, 0) is 19.1 Å². The minimum absolute atomic E-state index is 0.161. The summed E-state index contributed by atoms with van der Waals surface area (Å²) < 4.78 is 0. The predicted molar refractivity (Wildman–Crippen MR) is 69.3 cm³/mol. The van der Waals surface area contributed by atoms with Crippen molar-refractivity contribution in [3.8, 4) is 0 Å². The SMILES string of the molecule is Cc1ncsc1CNC(=O)c1ccc(C(=O)O)s1. The van der Waals surface area contributed by atoms with Crippen LogP contribution in [0.1, 0.15) is 29.9 Å². The van der Waals surface area contributed by atoms with Crippen LogP contribution in [0, 0.1) is 6.92 Å². The number of aromatic nitrogens is 1. The summed E-state index contributed by atoms with van der Waals surface area (Å²) in [5.74, 6) is -1.28. The van der Waals surface area contributed by atoms with Crippen molar-refractivity contribution in [2.75, 3.05) is 0 Å². The number of nitrogens with zero attached hydrogens (tertiary/aromatic N) is 1. The standard InChI is InChI=1S/C11H10N2O3S2/c1-6-9(17-5-13-6)4-12-10(14)7-2-3-8(18-7)11(15)16/h2-3,5H,4H2,1H3,(H,12,14)(H,15,16). The van der Waals surface area contributed by atoms with E-state index in [1.165, 1.54) is 23.5 Å². The fourth-order valence-electron chi connectivity index (χ4n) is 1.32. The molecular weight excluding hydrogens is 272 g/mol. The van der Waals surface area contributed by atoms with E-state index in [0.717, 1.165) is 21.9 Å². The van der Waals surface area contributed by atoms with Gasteiger partial charge in [0.15, 0.2) is 0 Å². The highest BCUT2D eigenvalue weighted by molar-refractivity contribution is 7.15. The number of thiophene rings is 1. The Morgan fingerprint density at radius 3 is 2.67 bits per heavy atom. The number of carboxylic acid groups (broad SMARTS) is 1. The van der Waals surface area contributed by atoms with Crippen LogP contribution in [-0.2, 0) is 6.54 Å². The predicted octanol–water partition coefficient (Wildman–Crippen LogP) is 2.14. The van der Waals surface area contributed by atoms with Crippen molar-refractivity contribution in [2.24, 2.45) is 0 Å². The van der Waals surface area contributed by atoms with Crippen molar-refractivity contribution in [3.63, 3.8) is 0 Å². The summed E-state index contributed by atoms with van der Waals surface area (Å²) in [7, 11) is 0. The van der Waals surface area contributed by atoms with E-state index in [-0.39, 0.29) is 10.8 Å². The molecule has 2 aromatic heterocycles. The molecule has 0 spiro atoms. The first-order chi connectivity index (χ1) is 8.58. The van der Waals surface area contributed by atoms with Crippen LogP contribution in [0.2, 0.25) is 0 Å². The summed E-state index contributed by atoms with van der Waals surface area (Å²) in [4.78, 5) is 28.1. The zero-order chi connectivity index (χ0) is 13.1. The van der Waals surface area contributed by atoms with Gasteiger partial charge in [-0.1, -0.05) is 0 Å². The summed E-state index contributed by atoms with van der Waals surface area (Å²) in [6.45, 7) is 2.29. The summed E-state index contributed by atoms with van der Waals surface area (Å²) in [5, 5.41) is 11.5. The van der Waals surface area contributed by atoms with Crippen molar-refractivity contribution >= 4 is 34.6 Å². The number of carbonyl (C=O) groups excluding carboxylic acids is 1. The maximum Gasteiger partial charge on any atom is 0.345 e. The van der Waals surface area contributed by atoms with E-state index in [4.69, 9.17) is 5.11 Å². The molecule has 0 bridgehead atoms. The number of carboxylic acids is 1. The van der Waals surface area contributed by atoms with Gasteiger partial charge in [0.25, 0.3) is 5.91 Å². The summed E-state index contributed by atoms with van der Waals surface area (Å²) in [6, 6.07) is 2.95. The molecule has 0 unspecified atom stereocenters. The molecular formula is C11H10N2O3S2. The monoisotopic (exact) mass is 282 g/mol. The summed E-state index contributed by atoms with van der Waals surface area (Å²) in [6.07, 6.45) is 0. The lowest BCUT2D eigenvalue weighted by atomic mass is 10.3. The normalized spacial score (nSPS) is 10.3. The lowest BCUT2D eigenvalue weighted by molar-refractivity contribution is 0.0702. The highest BCUT2D eigenvalue weighted by Crippen LogP contribution is 2.17. The number of hydrogen-bond acceptors (Lipinski definition) is 5. The highest BCUT2D eigenvalue weighted by atomic mass is 32.1. The molecule has 0 radical (unpaired) electrons.